The molecule has 0 aromatic heterocycles. The van der Waals surface area contributed by atoms with Crippen molar-refractivity contribution in [3.05, 3.63) is 105 Å². The number of carbonyl (C=O) groups is 3. The maximum Gasteiger partial charge on any atom is 0.328 e. The Morgan fingerprint density at radius 1 is 0.917 bits per heavy atom. The topological polar surface area (TPSA) is 84.5 Å². The Hall–Kier alpha value is -3.32. The zero-order valence-electron chi connectivity index (χ0n) is 19.3. The van der Waals surface area contributed by atoms with Crippen molar-refractivity contribution >= 4 is 63.8 Å². The molecule has 3 rings (SSSR count). The van der Waals surface area contributed by atoms with Crippen LogP contribution in [0.5, 0.6) is 0 Å². The molecule has 0 aliphatic heterocycles. The predicted molar refractivity (Wildman–Crippen MR) is 143 cm³/mol. The lowest BCUT2D eigenvalue weighted by Crippen LogP contribution is -2.43. The van der Waals surface area contributed by atoms with Crippen molar-refractivity contribution in [3.63, 3.8) is 0 Å². The zero-order valence-corrected chi connectivity index (χ0v) is 21.5. The van der Waals surface area contributed by atoms with Crippen LogP contribution in [0.1, 0.15) is 28.4 Å². The fourth-order valence-corrected chi connectivity index (χ4v) is 4.20. The highest BCUT2D eigenvalue weighted by atomic mass is 35.5. The van der Waals surface area contributed by atoms with Gasteiger partial charge in [-0.25, -0.2) is 4.79 Å². The second-order valence-corrected chi connectivity index (χ2v) is 8.65. The first-order valence-electron chi connectivity index (χ1n) is 11.0. The molecule has 0 saturated carbocycles. The number of anilines is 1. The van der Waals surface area contributed by atoms with Crippen LogP contribution >= 0.6 is 34.8 Å². The smallest absolute Gasteiger partial charge is 0.328 e. The summed E-state index contributed by atoms with van der Waals surface area (Å²) in [6, 6.07) is 19.6. The molecule has 0 fully saturated rings. The normalized spacial score (nSPS) is 11.9. The summed E-state index contributed by atoms with van der Waals surface area (Å²) in [7, 11) is 0. The number of hydrogen-bond donors (Lipinski definition) is 2. The van der Waals surface area contributed by atoms with Gasteiger partial charge in [0.25, 0.3) is 11.8 Å². The van der Waals surface area contributed by atoms with E-state index < -0.39 is 23.8 Å². The number of carbonyl (C=O) groups excluding carboxylic acids is 3. The third-order valence-electron chi connectivity index (χ3n) is 5.16. The van der Waals surface area contributed by atoms with Crippen molar-refractivity contribution in [1.29, 1.82) is 0 Å². The van der Waals surface area contributed by atoms with Gasteiger partial charge in [0.05, 0.1) is 27.8 Å². The highest BCUT2D eigenvalue weighted by Gasteiger charge is 2.25. The molecule has 3 aromatic rings. The molecule has 0 aliphatic rings. The van der Waals surface area contributed by atoms with E-state index in [-0.39, 0.29) is 34.2 Å². The summed E-state index contributed by atoms with van der Waals surface area (Å²) in [5.41, 5.74) is 3.44. The van der Waals surface area contributed by atoms with Crippen molar-refractivity contribution in [2.45, 2.75) is 19.4 Å². The molecule has 0 saturated heterocycles. The Kier molecular flexibility index (Phi) is 9.94. The van der Waals surface area contributed by atoms with Crippen molar-refractivity contribution in [2.75, 3.05) is 11.9 Å². The van der Waals surface area contributed by atoms with Crippen LogP contribution in [-0.4, -0.2) is 30.4 Å². The minimum Gasteiger partial charge on any atom is -0.464 e. The average Bonchev–Trinajstić information content (AvgIpc) is 2.86. The molecule has 3 aromatic carbocycles. The van der Waals surface area contributed by atoms with Crippen LogP contribution in [0.15, 0.2) is 78.3 Å². The minimum atomic E-state index is -0.949. The number of nitrogens with one attached hydrogen (secondary N) is 2. The van der Waals surface area contributed by atoms with E-state index in [9.17, 15) is 14.4 Å². The van der Waals surface area contributed by atoms with Gasteiger partial charge in [0.1, 0.15) is 6.04 Å². The van der Waals surface area contributed by atoms with E-state index in [2.05, 4.69) is 10.6 Å². The first-order chi connectivity index (χ1) is 17.3. The SMILES string of the molecule is CCOC(=O)[C@H](Cc1ccc(NC(=O)c2c(Cl)cccc2Cl)cc1)NC(=O)C(=CCl)c1ccccc1. The van der Waals surface area contributed by atoms with Crippen LogP contribution in [-0.2, 0) is 20.7 Å². The maximum absolute atomic E-state index is 12.9. The van der Waals surface area contributed by atoms with E-state index in [0.717, 1.165) is 5.56 Å². The molecule has 186 valence electrons. The predicted octanol–water partition coefficient (Wildman–Crippen LogP) is 6.12. The van der Waals surface area contributed by atoms with Gasteiger partial charge in [-0.2, -0.15) is 0 Å². The monoisotopic (exact) mass is 544 g/mol. The molecule has 6 nitrogen and oxygen atoms in total. The Labute approximate surface area is 224 Å². The van der Waals surface area contributed by atoms with Crippen LogP contribution in [0, 0.1) is 0 Å². The lowest BCUT2D eigenvalue weighted by atomic mass is 10.0. The van der Waals surface area contributed by atoms with Crippen molar-refractivity contribution < 1.29 is 19.1 Å². The Morgan fingerprint density at radius 3 is 2.14 bits per heavy atom. The second kappa shape index (κ2) is 13.1. The van der Waals surface area contributed by atoms with Gasteiger partial charge in [-0.1, -0.05) is 83.3 Å². The zero-order chi connectivity index (χ0) is 26.1. The Balaban J connectivity index is 1.72. The van der Waals surface area contributed by atoms with Crippen LogP contribution in [0.25, 0.3) is 5.57 Å². The van der Waals surface area contributed by atoms with Crippen LogP contribution in [0.3, 0.4) is 0 Å². The summed E-state index contributed by atoms with van der Waals surface area (Å²) >= 11 is 18.1. The van der Waals surface area contributed by atoms with Gasteiger partial charge in [0.2, 0.25) is 0 Å². The lowest BCUT2D eigenvalue weighted by Gasteiger charge is -2.19. The molecule has 2 amide bonds. The average molecular weight is 546 g/mol. The van der Waals surface area contributed by atoms with Gasteiger partial charge in [-0.15, -0.1) is 0 Å². The van der Waals surface area contributed by atoms with Gasteiger partial charge < -0.3 is 15.4 Å². The molecule has 0 spiro atoms. The summed E-state index contributed by atoms with van der Waals surface area (Å²) in [5.74, 6) is -1.52. The van der Waals surface area contributed by atoms with Gasteiger partial charge in [-0.3, -0.25) is 9.59 Å². The molecule has 0 unspecified atom stereocenters. The highest BCUT2D eigenvalue weighted by molar-refractivity contribution is 6.40. The second-order valence-electron chi connectivity index (χ2n) is 7.62. The first kappa shape index (κ1) is 27.3. The summed E-state index contributed by atoms with van der Waals surface area (Å²) in [5, 5.41) is 5.94. The molecule has 0 aliphatic carbocycles. The van der Waals surface area contributed by atoms with E-state index >= 15 is 0 Å². The third kappa shape index (κ3) is 7.10. The Morgan fingerprint density at radius 2 is 1.56 bits per heavy atom. The first-order valence-corrected chi connectivity index (χ1v) is 12.2. The third-order valence-corrected chi connectivity index (χ3v) is 6.00. The summed E-state index contributed by atoms with van der Waals surface area (Å²) < 4.78 is 5.16. The summed E-state index contributed by atoms with van der Waals surface area (Å²) in [6.45, 7) is 1.85. The largest absolute Gasteiger partial charge is 0.464 e. The van der Waals surface area contributed by atoms with Crippen LogP contribution in [0.4, 0.5) is 5.69 Å². The molecule has 1 atom stereocenters. The molecule has 0 radical (unpaired) electrons. The fraction of sp³-hybridized carbons (Fsp3) is 0.148. The molecule has 36 heavy (non-hydrogen) atoms. The van der Waals surface area contributed by atoms with E-state index in [4.69, 9.17) is 39.5 Å². The maximum atomic E-state index is 12.9. The molecular weight excluding hydrogens is 523 g/mol. The van der Waals surface area contributed by atoms with E-state index in [1.54, 1.807) is 73.7 Å². The molecule has 9 heteroatoms. The van der Waals surface area contributed by atoms with Crippen molar-refractivity contribution in [3.8, 4) is 0 Å². The highest BCUT2D eigenvalue weighted by Crippen LogP contribution is 2.25. The van der Waals surface area contributed by atoms with E-state index in [0.29, 0.717) is 11.3 Å². The number of ether oxygens (including phenoxy) is 1. The molecule has 0 heterocycles. The standard InChI is InChI=1S/C27H23Cl3N2O4/c1-2-36-27(35)23(32-25(33)20(16-28)18-7-4-3-5-8-18)15-17-11-13-19(14-12-17)31-26(34)24-21(29)9-6-10-22(24)30/h3-14,16,23H,2,15H2,1H3,(H,31,34)(H,32,33)/t23-/m0/s1. The number of hydrogen-bond acceptors (Lipinski definition) is 4. The molecule has 0 bridgehead atoms. The number of halogens is 3. The molecular formula is C27H23Cl3N2O4. The quantitative estimate of drug-likeness (QED) is 0.251. The minimum absolute atomic E-state index is 0.164. The number of esters is 1. The van der Waals surface area contributed by atoms with Crippen LogP contribution < -0.4 is 10.6 Å². The fourth-order valence-electron chi connectivity index (χ4n) is 3.40. The van der Waals surface area contributed by atoms with Crippen molar-refractivity contribution in [2.24, 2.45) is 0 Å². The van der Waals surface area contributed by atoms with Gasteiger partial charge in [0, 0.05) is 17.6 Å². The lowest BCUT2D eigenvalue weighted by molar-refractivity contribution is -0.146. The van der Waals surface area contributed by atoms with E-state index in [1.807, 2.05) is 6.07 Å². The number of benzene rings is 3. The molecule has 2 N–H and O–H groups in total. The van der Waals surface area contributed by atoms with Gasteiger partial charge in [-0.05, 0) is 42.3 Å². The van der Waals surface area contributed by atoms with Gasteiger partial charge in [0.15, 0.2) is 0 Å². The van der Waals surface area contributed by atoms with Crippen LogP contribution in [0.2, 0.25) is 10.0 Å². The van der Waals surface area contributed by atoms with E-state index in [1.165, 1.54) is 5.54 Å². The Bertz CT molecular complexity index is 1240. The number of rotatable bonds is 9. The van der Waals surface area contributed by atoms with Crippen molar-refractivity contribution in [1.82, 2.24) is 5.32 Å². The van der Waals surface area contributed by atoms with Gasteiger partial charge >= 0.3 is 5.97 Å². The number of amides is 2. The summed E-state index contributed by atoms with van der Waals surface area (Å²) in [4.78, 5) is 38.1. The summed E-state index contributed by atoms with van der Waals surface area (Å²) in [6.07, 6.45) is 0.166.